The van der Waals surface area contributed by atoms with Crippen molar-refractivity contribution in [2.24, 2.45) is 25.9 Å². The van der Waals surface area contributed by atoms with Crippen molar-refractivity contribution in [3.05, 3.63) is 64.2 Å². The first-order chi connectivity index (χ1) is 17.3. The van der Waals surface area contributed by atoms with Crippen LogP contribution in [0.25, 0.3) is 0 Å². The predicted octanol–water partition coefficient (Wildman–Crippen LogP) is 4.30. The minimum atomic E-state index is -1.03. The van der Waals surface area contributed by atoms with Crippen LogP contribution in [0.3, 0.4) is 0 Å². The number of hydrogen-bond donors (Lipinski definition) is 3. The zero-order valence-corrected chi connectivity index (χ0v) is 22.3. The van der Waals surface area contributed by atoms with Crippen LogP contribution in [0.5, 0.6) is 0 Å². The Bertz CT molecular complexity index is 1330. The molecule has 1 amide bonds. The molecule has 2 aliphatic rings. The Balaban J connectivity index is 1.27. The minimum absolute atomic E-state index is 0.0541. The number of anilines is 1. The van der Waals surface area contributed by atoms with Gasteiger partial charge in [0.25, 0.3) is 5.91 Å². The molecule has 2 aliphatic carbocycles. The molecule has 3 aromatic rings. The molecule has 2 fully saturated rings. The smallest absolute Gasteiger partial charge is 0.274 e. The van der Waals surface area contributed by atoms with Gasteiger partial charge in [0.2, 0.25) is 0 Å². The Labute approximate surface area is 220 Å². The first-order valence-corrected chi connectivity index (χ1v) is 13.0. The number of nitrogens with one attached hydrogen (secondary N) is 1. The second-order valence-electron chi connectivity index (χ2n) is 11.4. The van der Waals surface area contributed by atoms with Gasteiger partial charge in [0.05, 0.1) is 28.3 Å². The standard InChI is InChI=1S/C27H33ClFN5O3/c1-26(2,36)22-10-19(34(4)32-22)13-27(37)11-16-7-15(8-17(16)12-27)23-24(33(3)14-30-23)25(35)31-18-5-6-21(29)20(28)9-18/h5-6,9-10,14-17,36-37H,7-8,11-13H2,1-4H3,(H,31,35). The number of aliphatic hydroxyl groups is 2. The first-order valence-electron chi connectivity index (χ1n) is 12.6. The fraction of sp³-hybridized carbons (Fsp3) is 0.519. The predicted molar refractivity (Wildman–Crippen MR) is 138 cm³/mol. The van der Waals surface area contributed by atoms with Gasteiger partial charge in [0, 0.05) is 37.8 Å². The molecule has 8 nitrogen and oxygen atoms in total. The fourth-order valence-electron chi connectivity index (χ4n) is 6.23. The van der Waals surface area contributed by atoms with E-state index in [9.17, 15) is 19.4 Å². The minimum Gasteiger partial charge on any atom is -0.389 e. The number of hydrogen-bond acceptors (Lipinski definition) is 5. The number of fused-ring (bicyclic) bond motifs is 1. The fourth-order valence-corrected chi connectivity index (χ4v) is 6.41. The topological polar surface area (TPSA) is 105 Å². The van der Waals surface area contributed by atoms with Crippen molar-refractivity contribution in [2.75, 3.05) is 5.32 Å². The molecule has 0 bridgehead atoms. The summed E-state index contributed by atoms with van der Waals surface area (Å²) in [6, 6.07) is 5.96. The second kappa shape index (κ2) is 9.22. The van der Waals surface area contributed by atoms with E-state index in [1.807, 2.05) is 13.1 Å². The Kier molecular flexibility index (Phi) is 6.45. The zero-order chi connectivity index (χ0) is 26.7. The highest BCUT2D eigenvalue weighted by molar-refractivity contribution is 6.31. The number of halogens is 2. The van der Waals surface area contributed by atoms with E-state index < -0.39 is 17.0 Å². The molecule has 3 N–H and O–H groups in total. The molecular weight excluding hydrogens is 497 g/mol. The highest BCUT2D eigenvalue weighted by Gasteiger charge is 2.50. The van der Waals surface area contributed by atoms with E-state index in [1.54, 1.807) is 36.5 Å². The number of aryl methyl sites for hydroxylation is 2. The summed E-state index contributed by atoms with van der Waals surface area (Å²) in [4.78, 5) is 17.7. The average Bonchev–Trinajstić information content (AvgIpc) is 3.53. The summed E-state index contributed by atoms with van der Waals surface area (Å²) >= 11 is 5.87. The molecule has 10 heteroatoms. The number of benzene rings is 1. The lowest BCUT2D eigenvalue weighted by Crippen LogP contribution is -2.30. The van der Waals surface area contributed by atoms with Crippen molar-refractivity contribution in [1.29, 1.82) is 0 Å². The van der Waals surface area contributed by atoms with Gasteiger partial charge in [0.1, 0.15) is 17.1 Å². The SMILES string of the molecule is Cn1cnc(C2CC3CC(O)(Cc4cc(C(C)(C)O)nn4C)CC3C2)c1C(=O)Nc1ccc(F)c(Cl)c1. The molecule has 0 spiro atoms. The molecule has 2 saturated carbocycles. The number of carbonyl (C=O) groups is 1. The maximum atomic E-state index is 13.5. The summed E-state index contributed by atoms with van der Waals surface area (Å²) in [5.74, 6) is -0.0575. The van der Waals surface area contributed by atoms with Crippen LogP contribution in [-0.4, -0.2) is 41.1 Å². The maximum Gasteiger partial charge on any atom is 0.274 e. The van der Waals surface area contributed by atoms with E-state index in [2.05, 4.69) is 15.4 Å². The molecule has 2 aromatic heterocycles. The third-order valence-corrected chi connectivity index (χ3v) is 8.27. The molecule has 37 heavy (non-hydrogen) atoms. The van der Waals surface area contributed by atoms with Crippen molar-refractivity contribution in [1.82, 2.24) is 19.3 Å². The summed E-state index contributed by atoms with van der Waals surface area (Å²) in [5, 5.41) is 28.9. The van der Waals surface area contributed by atoms with E-state index in [-0.39, 0.29) is 16.8 Å². The number of nitrogens with zero attached hydrogens (tertiary/aromatic N) is 4. The monoisotopic (exact) mass is 529 g/mol. The Hall–Kier alpha value is -2.75. The van der Waals surface area contributed by atoms with Crippen molar-refractivity contribution in [3.63, 3.8) is 0 Å². The highest BCUT2D eigenvalue weighted by atomic mass is 35.5. The molecular formula is C27H33ClFN5O3. The zero-order valence-electron chi connectivity index (χ0n) is 21.5. The summed E-state index contributed by atoms with van der Waals surface area (Å²) < 4.78 is 17.0. The first kappa shape index (κ1) is 25.9. The number of aromatic nitrogens is 4. The van der Waals surface area contributed by atoms with Crippen LogP contribution in [-0.2, 0) is 26.1 Å². The Morgan fingerprint density at radius 1 is 1.24 bits per heavy atom. The van der Waals surface area contributed by atoms with Gasteiger partial charge < -0.3 is 20.1 Å². The average molecular weight is 530 g/mol. The van der Waals surface area contributed by atoms with E-state index in [0.29, 0.717) is 48.2 Å². The van der Waals surface area contributed by atoms with Gasteiger partial charge in [-0.25, -0.2) is 9.37 Å². The van der Waals surface area contributed by atoms with Gasteiger partial charge in [0.15, 0.2) is 0 Å². The molecule has 0 saturated heterocycles. The van der Waals surface area contributed by atoms with Gasteiger partial charge in [-0.05, 0) is 75.6 Å². The van der Waals surface area contributed by atoms with E-state index in [1.165, 1.54) is 18.2 Å². The summed E-state index contributed by atoms with van der Waals surface area (Å²) in [6.07, 6.45) is 5.20. The molecule has 2 atom stereocenters. The lowest BCUT2D eigenvalue weighted by molar-refractivity contribution is 0.0367. The van der Waals surface area contributed by atoms with Crippen molar-refractivity contribution < 1.29 is 19.4 Å². The maximum absolute atomic E-state index is 13.5. The Morgan fingerprint density at radius 3 is 2.51 bits per heavy atom. The number of carbonyl (C=O) groups excluding carboxylic acids is 1. The van der Waals surface area contributed by atoms with Crippen LogP contribution in [0.15, 0.2) is 30.6 Å². The van der Waals surface area contributed by atoms with Crippen LogP contribution in [0.2, 0.25) is 5.02 Å². The van der Waals surface area contributed by atoms with Crippen molar-refractivity contribution in [2.45, 2.75) is 63.1 Å². The molecule has 198 valence electrons. The van der Waals surface area contributed by atoms with Gasteiger partial charge in [-0.3, -0.25) is 9.48 Å². The normalized spacial score (nSPS) is 25.5. The van der Waals surface area contributed by atoms with Gasteiger partial charge in [-0.15, -0.1) is 0 Å². The number of imidazole rings is 1. The van der Waals surface area contributed by atoms with E-state index >= 15 is 0 Å². The molecule has 2 unspecified atom stereocenters. The molecule has 0 aliphatic heterocycles. The molecule has 1 aromatic carbocycles. The van der Waals surface area contributed by atoms with Crippen molar-refractivity contribution in [3.8, 4) is 0 Å². The quantitative estimate of drug-likeness (QED) is 0.441. The van der Waals surface area contributed by atoms with Crippen LogP contribution in [0.4, 0.5) is 10.1 Å². The molecule has 5 rings (SSSR count). The number of amides is 1. The lowest BCUT2D eigenvalue weighted by Gasteiger charge is -2.24. The lowest BCUT2D eigenvalue weighted by atomic mass is 9.89. The van der Waals surface area contributed by atoms with E-state index in [4.69, 9.17) is 11.6 Å². The van der Waals surface area contributed by atoms with Crippen LogP contribution >= 0.6 is 11.6 Å². The van der Waals surface area contributed by atoms with Gasteiger partial charge >= 0.3 is 0 Å². The second-order valence-corrected chi connectivity index (χ2v) is 11.8. The van der Waals surface area contributed by atoms with E-state index in [0.717, 1.165) is 24.2 Å². The molecule has 2 heterocycles. The molecule has 0 radical (unpaired) electrons. The van der Waals surface area contributed by atoms with Crippen LogP contribution in [0, 0.1) is 17.7 Å². The third-order valence-electron chi connectivity index (χ3n) is 7.98. The van der Waals surface area contributed by atoms with Gasteiger partial charge in [-0.1, -0.05) is 11.6 Å². The summed E-state index contributed by atoms with van der Waals surface area (Å²) in [5.41, 5.74) is 1.30. The van der Waals surface area contributed by atoms with Crippen LogP contribution in [0.1, 0.15) is 73.0 Å². The van der Waals surface area contributed by atoms with Crippen molar-refractivity contribution >= 4 is 23.2 Å². The number of rotatable bonds is 6. The van der Waals surface area contributed by atoms with Crippen LogP contribution < -0.4 is 5.32 Å². The third kappa shape index (κ3) is 5.04. The highest BCUT2D eigenvalue weighted by Crippen LogP contribution is 2.54. The van der Waals surface area contributed by atoms with Gasteiger partial charge in [-0.2, -0.15) is 5.10 Å². The summed E-state index contributed by atoms with van der Waals surface area (Å²) in [6.45, 7) is 3.41. The largest absolute Gasteiger partial charge is 0.389 e. The Morgan fingerprint density at radius 2 is 1.92 bits per heavy atom. The summed E-state index contributed by atoms with van der Waals surface area (Å²) in [7, 11) is 3.63.